The number of hydrogen-bond acceptors (Lipinski definition) is 4. The molecule has 2 amide bonds. The number of ether oxygens (including phenoxy) is 1. The standard InChI is InChI=1S/C25H31N3O3/c1-27(24(29)21-10-5-6-14-26-21)22(18-19-8-3-2-4-9-19)20-12-15-28(16-13-20)25(30)23-11-7-17-31-23/h2-6,8-10,14,20,22-23H,7,11-13,15-18H2,1H3/t22-,23+/m1/s1. The van der Waals surface area contributed by atoms with E-state index in [4.69, 9.17) is 4.74 Å². The molecule has 0 bridgehead atoms. The number of hydrogen-bond donors (Lipinski definition) is 0. The van der Waals surface area contributed by atoms with E-state index < -0.39 is 0 Å². The molecule has 2 atom stereocenters. The second-order valence-electron chi connectivity index (χ2n) is 8.55. The fourth-order valence-electron chi connectivity index (χ4n) is 4.78. The number of likely N-dealkylation sites (tertiary alicyclic amines) is 1. The highest BCUT2D eigenvalue weighted by atomic mass is 16.5. The lowest BCUT2D eigenvalue weighted by atomic mass is 9.84. The smallest absolute Gasteiger partial charge is 0.272 e. The Kier molecular flexibility index (Phi) is 6.97. The van der Waals surface area contributed by atoms with Crippen molar-refractivity contribution < 1.29 is 14.3 Å². The summed E-state index contributed by atoms with van der Waals surface area (Å²) < 4.78 is 5.59. The van der Waals surface area contributed by atoms with Crippen LogP contribution in [0.2, 0.25) is 0 Å². The first-order valence-corrected chi connectivity index (χ1v) is 11.3. The largest absolute Gasteiger partial charge is 0.368 e. The number of pyridine rings is 1. The van der Waals surface area contributed by atoms with Gasteiger partial charge in [0, 0.05) is 39.0 Å². The number of benzene rings is 1. The van der Waals surface area contributed by atoms with Crippen molar-refractivity contribution in [1.29, 1.82) is 0 Å². The minimum absolute atomic E-state index is 0.0527. The molecule has 2 fully saturated rings. The molecule has 4 rings (SSSR count). The van der Waals surface area contributed by atoms with Gasteiger partial charge in [0.25, 0.3) is 11.8 Å². The van der Waals surface area contributed by atoms with Crippen molar-refractivity contribution in [3.05, 3.63) is 66.0 Å². The van der Waals surface area contributed by atoms with Crippen LogP contribution in [-0.4, -0.2) is 65.5 Å². The number of likely N-dealkylation sites (N-methyl/N-ethyl adjacent to an activating group) is 1. The van der Waals surface area contributed by atoms with Gasteiger partial charge in [0.15, 0.2) is 0 Å². The average molecular weight is 422 g/mol. The maximum absolute atomic E-state index is 13.1. The Morgan fingerprint density at radius 2 is 1.84 bits per heavy atom. The van der Waals surface area contributed by atoms with Crippen LogP contribution in [0, 0.1) is 5.92 Å². The third-order valence-corrected chi connectivity index (χ3v) is 6.59. The van der Waals surface area contributed by atoms with Crippen LogP contribution < -0.4 is 0 Å². The second kappa shape index (κ2) is 10.1. The Balaban J connectivity index is 1.47. The molecule has 0 unspecified atom stereocenters. The molecule has 2 saturated heterocycles. The number of nitrogens with zero attached hydrogens (tertiary/aromatic N) is 3. The van der Waals surface area contributed by atoms with Crippen molar-refractivity contribution >= 4 is 11.8 Å². The van der Waals surface area contributed by atoms with Crippen molar-refractivity contribution in [2.75, 3.05) is 26.7 Å². The van der Waals surface area contributed by atoms with Gasteiger partial charge in [-0.15, -0.1) is 0 Å². The van der Waals surface area contributed by atoms with Crippen molar-refractivity contribution in [3.63, 3.8) is 0 Å². The van der Waals surface area contributed by atoms with E-state index in [1.165, 1.54) is 5.56 Å². The van der Waals surface area contributed by atoms with Gasteiger partial charge in [-0.1, -0.05) is 36.4 Å². The molecule has 1 aromatic heterocycles. The van der Waals surface area contributed by atoms with Crippen molar-refractivity contribution in [2.45, 2.75) is 44.2 Å². The Morgan fingerprint density at radius 1 is 1.10 bits per heavy atom. The quantitative estimate of drug-likeness (QED) is 0.719. The first-order chi connectivity index (χ1) is 15.1. The number of rotatable bonds is 6. The van der Waals surface area contributed by atoms with Crippen LogP contribution in [0.5, 0.6) is 0 Å². The van der Waals surface area contributed by atoms with E-state index in [9.17, 15) is 9.59 Å². The lowest BCUT2D eigenvalue weighted by Crippen LogP contribution is -2.50. The lowest BCUT2D eigenvalue weighted by Gasteiger charge is -2.40. The SMILES string of the molecule is CN(C(=O)c1ccccn1)[C@H](Cc1ccccc1)C1CCN(C(=O)[C@@H]2CCCO2)CC1. The third kappa shape index (κ3) is 5.13. The number of piperidine rings is 1. The summed E-state index contributed by atoms with van der Waals surface area (Å²) in [5.74, 6) is 0.402. The molecule has 0 N–H and O–H groups in total. The maximum atomic E-state index is 13.1. The summed E-state index contributed by atoms with van der Waals surface area (Å²) in [6.45, 7) is 2.13. The molecule has 0 aliphatic carbocycles. The van der Waals surface area contributed by atoms with Gasteiger partial charge < -0.3 is 14.5 Å². The average Bonchev–Trinajstić information content (AvgIpc) is 3.38. The zero-order chi connectivity index (χ0) is 21.6. The van der Waals surface area contributed by atoms with Crippen LogP contribution in [0.25, 0.3) is 0 Å². The topological polar surface area (TPSA) is 62.7 Å². The van der Waals surface area contributed by atoms with Gasteiger partial charge >= 0.3 is 0 Å². The van der Waals surface area contributed by atoms with Gasteiger partial charge in [0.1, 0.15) is 11.8 Å². The molecule has 1 aromatic carbocycles. The molecule has 2 aliphatic rings. The molecule has 0 saturated carbocycles. The fraction of sp³-hybridized carbons (Fsp3) is 0.480. The minimum Gasteiger partial charge on any atom is -0.368 e. The molecule has 6 nitrogen and oxygen atoms in total. The Labute approximate surface area is 184 Å². The van der Waals surface area contributed by atoms with Gasteiger partial charge in [-0.2, -0.15) is 0 Å². The lowest BCUT2D eigenvalue weighted by molar-refractivity contribution is -0.142. The Hall–Kier alpha value is -2.73. The van der Waals surface area contributed by atoms with Crippen molar-refractivity contribution in [3.8, 4) is 0 Å². The van der Waals surface area contributed by atoms with Crippen LogP contribution in [0.1, 0.15) is 41.7 Å². The fourth-order valence-corrected chi connectivity index (χ4v) is 4.78. The predicted octanol–water partition coefficient (Wildman–Crippen LogP) is 3.18. The highest BCUT2D eigenvalue weighted by Crippen LogP contribution is 2.28. The van der Waals surface area contributed by atoms with E-state index in [0.717, 1.165) is 45.2 Å². The summed E-state index contributed by atoms with van der Waals surface area (Å²) in [5.41, 5.74) is 1.68. The zero-order valence-electron chi connectivity index (χ0n) is 18.2. The van der Waals surface area contributed by atoms with Crippen LogP contribution in [-0.2, 0) is 16.0 Å². The molecule has 3 heterocycles. The Bertz CT molecular complexity index is 860. The molecular formula is C25H31N3O3. The summed E-state index contributed by atoms with van der Waals surface area (Å²) in [5, 5.41) is 0. The molecule has 2 aromatic rings. The molecular weight excluding hydrogens is 390 g/mol. The molecule has 0 radical (unpaired) electrons. The highest BCUT2D eigenvalue weighted by Gasteiger charge is 2.35. The first kappa shape index (κ1) is 21.5. The monoisotopic (exact) mass is 421 g/mol. The molecule has 0 spiro atoms. The Morgan fingerprint density at radius 3 is 2.48 bits per heavy atom. The predicted molar refractivity (Wildman–Crippen MR) is 119 cm³/mol. The van der Waals surface area contributed by atoms with Gasteiger partial charge in [-0.3, -0.25) is 14.6 Å². The van der Waals surface area contributed by atoms with Gasteiger partial charge in [0.05, 0.1) is 0 Å². The van der Waals surface area contributed by atoms with Gasteiger partial charge in [-0.25, -0.2) is 0 Å². The molecule has 164 valence electrons. The van der Waals surface area contributed by atoms with Gasteiger partial charge in [0.2, 0.25) is 0 Å². The van der Waals surface area contributed by atoms with E-state index >= 15 is 0 Å². The number of amides is 2. The molecule has 6 heteroatoms. The van der Waals surface area contributed by atoms with Crippen LogP contribution in [0.3, 0.4) is 0 Å². The number of carbonyl (C=O) groups excluding carboxylic acids is 2. The van der Waals surface area contributed by atoms with Crippen molar-refractivity contribution in [1.82, 2.24) is 14.8 Å². The minimum atomic E-state index is -0.259. The number of aromatic nitrogens is 1. The molecule has 2 aliphatic heterocycles. The summed E-state index contributed by atoms with van der Waals surface area (Å²) in [6.07, 6.45) is 5.75. The normalized spacial score (nSPS) is 20.4. The van der Waals surface area contributed by atoms with Crippen LogP contribution in [0.15, 0.2) is 54.7 Å². The van der Waals surface area contributed by atoms with E-state index in [1.807, 2.05) is 47.2 Å². The summed E-state index contributed by atoms with van der Waals surface area (Å²) in [7, 11) is 1.88. The number of carbonyl (C=O) groups is 2. The van der Waals surface area contributed by atoms with Crippen LogP contribution >= 0.6 is 0 Å². The maximum Gasteiger partial charge on any atom is 0.272 e. The van der Waals surface area contributed by atoms with Gasteiger partial charge in [-0.05, 0) is 55.7 Å². The molecule has 31 heavy (non-hydrogen) atoms. The van der Waals surface area contributed by atoms with Crippen LogP contribution in [0.4, 0.5) is 0 Å². The third-order valence-electron chi connectivity index (χ3n) is 6.59. The van der Waals surface area contributed by atoms with Crippen molar-refractivity contribution in [2.24, 2.45) is 5.92 Å². The first-order valence-electron chi connectivity index (χ1n) is 11.3. The van der Waals surface area contributed by atoms with E-state index in [0.29, 0.717) is 18.2 Å². The van der Waals surface area contributed by atoms with E-state index in [-0.39, 0.29) is 24.0 Å². The highest BCUT2D eigenvalue weighted by molar-refractivity contribution is 5.92. The second-order valence-corrected chi connectivity index (χ2v) is 8.55. The van der Waals surface area contributed by atoms with E-state index in [1.54, 1.807) is 12.3 Å². The zero-order valence-corrected chi connectivity index (χ0v) is 18.2. The summed E-state index contributed by atoms with van der Waals surface area (Å²) in [6, 6.07) is 15.8. The summed E-state index contributed by atoms with van der Waals surface area (Å²) in [4.78, 5) is 33.9. The summed E-state index contributed by atoms with van der Waals surface area (Å²) >= 11 is 0. The van der Waals surface area contributed by atoms with E-state index in [2.05, 4.69) is 17.1 Å².